The molecule has 1 aliphatic heterocycles. The van der Waals surface area contributed by atoms with Gasteiger partial charge in [-0.15, -0.1) is 5.10 Å². The van der Waals surface area contributed by atoms with Gasteiger partial charge in [-0.25, -0.2) is 4.68 Å². The Balaban J connectivity index is 1.91. The third-order valence-corrected chi connectivity index (χ3v) is 3.86. The highest BCUT2D eigenvalue weighted by molar-refractivity contribution is 5.76. The predicted octanol–water partition coefficient (Wildman–Crippen LogP) is 0.631. The number of rotatable bonds is 3. The molecule has 1 saturated heterocycles. The molecule has 1 atom stereocenters. The number of nitrogens with zero attached hydrogens (tertiary/aromatic N) is 4. The van der Waals surface area contributed by atoms with Crippen molar-refractivity contribution in [2.75, 3.05) is 13.1 Å². The van der Waals surface area contributed by atoms with Crippen molar-refractivity contribution >= 4 is 5.91 Å². The number of nitrogens with two attached hydrogens (primary N) is 1. The van der Waals surface area contributed by atoms with E-state index in [-0.39, 0.29) is 17.9 Å². The summed E-state index contributed by atoms with van der Waals surface area (Å²) in [6, 6.07) is 0. The van der Waals surface area contributed by atoms with Crippen LogP contribution in [0.4, 0.5) is 0 Å². The summed E-state index contributed by atoms with van der Waals surface area (Å²) in [6.45, 7) is 9.00. The van der Waals surface area contributed by atoms with E-state index < -0.39 is 0 Å². The summed E-state index contributed by atoms with van der Waals surface area (Å²) in [5.41, 5.74) is 6.44. The first-order valence-electron chi connectivity index (χ1n) is 6.77. The van der Waals surface area contributed by atoms with Gasteiger partial charge in [0.2, 0.25) is 5.91 Å². The second-order valence-electron chi connectivity index (χ2n) is 6.30. The standard InChI is InChI=1S/C13H23N5O/c1-13(2,3)10-4-5-17(7-10)12(19)9-18-8-11(6-14)15-16-18/h8,10H,4-7,9,14H2,1-3H3. The van der Waals surface area contributed by atoms with Crippen molar-refractivity contribution in [3.8, 4) is 0 Å². The number of carbonyl (C=O) groups is 1. The molecule has 6 nitrogen and oxygen atoms in total. The molecular weight excluding hydrogens is 242 g/mol. The fourth-order valence-corrected chi connectivity index (χ4v) is 2.44. The van der Waals surface area contributed by atoms with Gasteiger partial charge < -0.3 is 10.6 Å². The van der Waals surface area contributed by atoms with E-state index in [9.17, 15) is 4.79 Å². The van der Waals surface area contributed by atoms with Gasteiger partial charge in [-0.2, -0.15) is 0 Å². The maximum absolute atomic E-state index is 12.2. The highest BCUT2D eigenvalue weighted by atomic mass is 16.2. The van der Waals surface area contributed by atoms with Crippen LogP contribution >= 0.6 is 0 Å². The zero-order valence-corrected chi connectivity index (χ0v) is 12.0. The first-order chi connectivity index (χ1) is 8.90. The average Bonchev–Trinajstić information content (AvgIpc) is 2.96. The highest BCUT2D eigenvalue weighted by Gasteiger charge is 2.33. The Hall–Kier alpha value is -1.43. The zero-order valence-electron chi connectivity index (χ0n) is 12.0. The van der Waals surface area contributed by atoms with Crippen LogP contribution in [0, 0.1) is 11.3 Å². The van der Waals surface area contributed by atoms with Crippen molar-refractivity contribution in [1.82, 2.24) is 19.9 Å². The summed E-state index contributed by atoms with van der Waals surface area (Å²) in [4.78, 5) is 14.1. The molecule has 19 heavy (non-hydrogen) atoms. The molecule has 0 saturated carbocycles. The molecule has 1 aromatic heterocycles. The van der Waals surface area contributed by atoms with Crippen LogP contribution in [-0.2, 0) is 17.9 Å². The van der Waals surface area contributed by atoms with Crippen LogP contribution in [0.15, 0.2) is 6.20 Å². The van der Waals surface area contributed by atoms with Crippen molar-refractivity contribution in [2.24, 2.45) is 17.1 Å². The molecule has 0 spiro atoms. The van der Waals surface area contributed by atoms with Crippen molar-refractivity contribution < 1.29 is 4.79 Å². The van der Waals surface area contributed by atoms with E-state index in [0.29, 0.717) is 18.2 Å². The Bertz CT molecular complexity index is 448. The molecule has 1 aliphatic rings. The Morgan fingerprint density at radius 2 is 2.26 bits per heavy atom. The van der Waals surface area contributed by atoms with Crippen LogP contribution in [0.25, 0.3) is 0 Å². The molecule has 1 amide bonds. The topological polar surface area (TPSA) is 77.0 Å². The number of hydrogen-bond acceptors (Lipinski definition) is 4. The summed E-state index contributed by atoms with van der Waals surface area (Å²) in [7, 11) is 0. The lowest BCUT2D eigenvalue weighted by atomic mass is 9.80. The van der Waals surface area contributed by atoms with Crippen molar-refractivity contribution in [3.63, 3.8) is 0 Å². The van der Waals surface area contributed by atoms with E-state index in [1.54, 1.807) is 10.9 Å². The van der Waals surface area contributed by atoms with E-state index in [1.165, 1.54) is 0 Å². The second kappa shape index (κ2) is 5.28. The molecule has 6 heteroatoms. The van der Waals surface area contributed by atoms with Crippen LogP contribution in [0.1, 0.15) is 32.9 Å². The average molecular weight is 265 g/mol. The molecule has 1 fully saturated rings. The van der Waals surface area contributed by atoms with Gasteiger partial charge in [0.1, 0.15) is 6.54 Å². The van der Waals surface area contributed by atoms with E-state index in [1.807, 2.05) is 4.90 Å². The fraction of sp³-hybridized carbons (Fsp3) is 0.769. The minimum absolute atomic E-state index is 0.111. The van der Waals surface area contributed by atoms with E-state index in [4.69, 9.17) is 5.73 Å². The smallest absolute Gasteiger partial charge is 0.244 e. The summed E-state index contributed by atoms with van der Waals surface area (Å²) >= 11 is 0. The molecule has 2 N–H and O–H groups in total. The van der Waals surface area contributed by atoms with Gasteiger partial charge in [-0.1, -0.05) is 26.0 Å². The molecule has 0 bridgehead atoms. The number of likely N-dealkylation sites (tertiary alicyclic amines) is 1. The monoisotopic (exact) mass is 265 g/mol. The SMILES string of the molecule is CC(C)(C)C1CCN(C(=O)Cn2cc(CN)nn2)C1. The van der Waals surface area contributed by atoms with Crippen LogP contribution in [0.5, 0.6) is 0 Å². The predicted molar refractivity (Wildman–Crippen MR) is 72.1 cm³/mol. The van der Waals surface area contributed by atoms with Crippen molar-refractivity contribution in [2.45, 2.75) is 40.3 Å². The second-order valence-corrected chi connectivity index (χ2v) is 6.30. The van der Waals surface area contributed by atoms with Gasteiger partial charge in [-0.3, -0.25) is 4.79 Å². The Kier molecular flexibility index (Phi) is 3.89. The number of hydrogen-bond donors (Lipinski definition) is 1. The molecule has 106 valence electrons. The summed E-state index contributed by atoms with van der Waals surface area (Å²) in [5.74, 6) is 0.687. The van der Waals surface area contributed by atoms with Gasteiger partial charge in [0.25, 0.3) is 0 Å². The summed E-state index contributed by atoms with van der Waals surface area (Å²) < 4.78 is 1.56. The number of amides is 1. The molecule has 2 heterocycles. The normalized spacial score (nSPS) is 20.0. The van der Waals surface area contributed by atoms with Crippen LogP contribution in [0.3, 0.4) is 0 Å². The minimum Gasteiger partial charge on any atom is -0.341 e. The Morgan fingerprint density at radius 3 is 2.79 bits per heavy atom. The molecule has 0 radical (unpaired) electrons. The van der Waals surface area contributed by atoms with Gasteiger partial charge in [0.15, 0.2) is 0 Å². The molecule has 1 unspecified atom stereocenters. The van der Waals surface area contributed by atoms with Gasteiger partial charge in [0, 0.05) is 19.6 Å². The Morgan fingerprint density at radius 1 is 1.53 bits per heavy atom. The Labute approximate surface area is 113 Å². The third-order valence-electron chi connectivity index (χ3n) is 3.86. The highest BCUT2D eigenvalue weighted by Crippen LogP contribution is 2.33. The largest absolute Gasteiger partial charge is 0.341 e. The van der Waals surface area contributed by atoms with Crippen LogP contribution in [0.2, 0.25) is 0 Å². The van der Waals surface area contributed by atoms with Gasteiger partial charge in [0.05, 0.1) is 11.9 Å². The summed E-state index contributed by atoms with van der Waals surface area (Å²) in [6.07, 6.45) is 2.82. The van der Waals surface area contributed by atoms with Crippen molar-refractivity contribution in [1.29, 1.82) is 0 Å². The summed E-state index contributed by atoms with van der Waals surface area (Å²) in [5, 5.41) is 7.79. The first-order valence-corrected chi connectivity index (χ1v) is 6.77. The lowest BCUT2D eigenvalue weighted by Gasteiger charge is -2.26. The lowest BCUT2D eigenvalue weighted by Crippen LogP contribution is -2.33. The number of aromatic nitrogens is 3. The fourth-order valence-electron chi connectivity index (χ4n) is 2.44. The molecule has 0 aliphatic carbocycles. The van der Waals surface area contributed by atoms with Gasteiger partial charge in [-0.05, 0) is 17.8 Å². The van der Waals surface area contributed by atoms with E-state index in [2.05, 4.69) is 31.1 Å². The maximum Gasteiger partial charge on any atom is 0.244 e. The third kappa shape index (κ3) is 3.32. The van der Waals surface area contributed by atoms with E-state index in [0.717, 1.165) is 19.5 Å². The molecule has 2 rings (SSSR count). The van der Waals surface area contributed by atoms with Gasteiger partial charge >= 0.3 is 0 Å². The maximum atomic E-state index is 12.2. The first kappa shape index (κ1) is 14.0. The minimum atomic E-state index is 0.111. The lowest BCUT2D eigenvalue weighted by molar-refractivity contribution is -0.131. The van der Waals surface area contributed by atoms with Crippen LogP contribution < -0.4 is 5.73 Å². The molecule has 1 aromatic rings. The zero-order chi connectivity index (χ0) is 14.0. The van der Waals surface area contributed by atoms with E-state index >= 15 is 0 Å². The van der Waals surface area contributed by atoms with Crippen LogP contribution in [-0.4, -0.2) is 38.9 Å². The van der Waals surface area contributed by atoms with Crippen molar-refractivity contribution in [3.05, 3.63) is 11.9 Å². The quantitative estimate of drug-likeness (QED) is 0.869. The molecule has 0 aromatic carbocycles. The number of carbonyl (C=O) groups excluding carboxylic acids is 1. The molecular formula is C13H23N5O.